The summed E-state index contributed by atoms with van der Waals surface area (Å²) in [6, 6.07) is 8.89. The number of fused-ring (bicyclic) bond motifs is 2. The van der Waals surface area contributed by atoms with Crippen molar-refractivity contribution in [3.05, 3.63) is 58.4 Å². The van der Waals surface area contributed by atoms with E-state index in [1.54, 1.807) is 10.5 Å². The van der Waals surface area contributed by atoms with Gasteiger partial charge in [-0.2, -0.15) is 5.10 Å². The molecule has 2 fully saturated rings. The summed E-state index contributed by atoms with van der Waals surface area (Å²) in [5.41, 5.74) is 5.75. The monoisotopic (exact) mass is 443 g/mol. The van der Waals surface area contributed by atoms with Crippen LogP contribution in [0.5, 0.6) is 0 Å². The first-order valence-electron chi connectivity index (χ1n) is 11.9. The van der Waals surface area contributed by atoms with Gasteiger partial charge in [-0.15, -0.1) is 0 Å². The fraction of sp³-hybridized carbons (Fsp3) is 0.440. The molecular formula is C25H29N7O. The predicted octanol–water partition coefficient (Wildman–Crippen LogP) is 2.95. The number of anilines is 1. The van der Waals surface area contributed by atoms with Gasteiger partial charge in [0.15, 0.2) is 0 Å². The minimum Gasteiger partial charge on any atom is -0.367 e. The maximum atomic E-state index is 13.1. The largest absolute Gasteiger partial charge is 0.367 e. The molecule has 0 N–H and O–H groups in total. The van der Waals surface area contributed by atoms with Gasteiger partial charge in [0.2, 0.25) is 0 Å². The van der Waals surface area contributed by atoms with Gasteiger partial charge in [0.05, 0.1) is 34.5 Å². The molecule has 8 nitrogen and oxygen atoms in total. The van der Waals surface area contributed by atoms with Crippen LogP contribution in [0.2, 0.25) is 0 Å². The van der Waals surface area contributed by atoms with Crippen molar-refractivity contribution in [2.45, 2.75) is 52.1 Å². The normalized spacial score (nSPS) is 19.6. The zero-order valence-corrected chi connectivity index (χ0v) is 19.4. The third-order valence-corrected chi connectivity index (χ3v) is 6.95. The number of nitrogens with zero attached hydrogens (tertiary/aromatic N) is 7. The highest BCUT2D eigenvalue weighted by Gasteiger charge is 2.35. The summed E-state index contributed by atoms with van der Waals surface area (Å²) in [6.45, 7) is 9.40. The maximum Gasteiger partial charge on any atom is 0.258 e. The van der Waals surface area contributed by atoms with Gasteiger partial charge in [-0.05, 0) is 51.3 Å². The topological polar surface area (TPSA) is 71.0 Å². The lowest BCUT2D eigenvalue weighted by molar-refractivity contribution is 0.180. The van der Waals surface area contributed by atoms with Gasteiger partial charge in [-0.3, -0.25) is 19.1 Å². The Kier molecular flexibility index (Phi) is 4.72. The Morgan fingerprint density at radius 2 is 1.91 bits per heavy atom. The van der Waals surface area contributed by atoms with Crippen LogP contribution < -0.4 is 10.5 Å². The number of pyridine rings is 1. The molecule has 1 aliphatic carbocycles. The average Bonchev–Trinajstić information content (AvgIpc) is 3.56. The summed E-state index contributed by atoms with van der Waals surface area (Å²) in [5, 5.41) is 4.68. The fourth-order valence-corrected chi connectivity index (χ4v) is 5.13. The molecule has 33 heavy (non-hydrogen) atoms. The number of rotatable bonds is 4. The molecule has 1 aliphatic heterocycles. The van der Waals surface area contributed by atoms with E-state index in [0.717, 1.165) is 54.7 Å². The maximum absolute atomic E-state index is 13.1. The SMILES string of the molecule is CCc1nc(C)cn2nc(-c3cc(=O)n4cc(N5CCN(C6CC6)[C@H](C)C5)ccc4n3)cc12. The summed E-state index contributed by atoms with van der Waals surface area (Å²) in [4.78, 5) is 27.5. The molecule has 2 aliphatic rings. The summed E-state index contributed by atoms with van der Waals surface area (Å²) in [7, 11) is 0. The van der Waals surface area contributed by atoms with E-state index in [2.05, 4.69) is 39.8 Å². The van der Waals surface area contributed by atoms with Crippen LogP contribution in [-0.2, 0) is 6.42 Å². The molecule has 0 spiro atoms. The number of aromatic nitrogens is 5. The fourth-order valence-electron chi connectivity index (χ4n) is 5.13. The molecule has 1 saturated carbocycles. The molecule has 5 heterocycles. The summed E-state index contributed by atoms with van der Waals surface area (Å²) < 4.78 is 3.49. The zero-order valence-electron chi connectivity index (χ0n) is 19.4. The third kappa shape index (κ3) is 3.58. The van der Waals surface area contributed by atoms with Gasteiger partial charge < -0.3 is 4.90 Å². The molecule has 0 unspecified atom stereocenters. The summed E-state index contributed by atoms with van der Waals surface area (Å²) in [6.07, 6.45) is 7.33. The van der Waals surface area contributed by atoms with E-state index in [1.807, 2.05) is 36.0 Å². The Balaban J connectivity index is 1.34. The molecular weight excluding hydrogens is 414 g/mol. The van der Waals surface area contributed by atoms with Gasteiger partial charge in [0.1, 0.15) is 11.3 Å². The first-order valence-corrected chi connectivity index (χ1v) is 11.9. The van der Waals surface area contributed by atoms with Crippen molar-refractivity contribution in [2.75, 3.05) is 24.5 Å². The molecule has 0 radical (unpaired) electrons. The molecule has 0 bridgehead atoms. The lowest BCUT2D eigenvalue weighted by Crippen LogP contribution is -2.52. The van der Waals surface area contributed by atoms with Gasteiger partial charge >= 0.3 is 0 Å². The highest BCUT2D eigenvalue weighted by molar-refractivity contribution is 5.66. The van der Waals surface area contributed by atoms with Crippen LogP contribution in [0.3, 0.4) is 0 Å². The number of hydrogen-bond donors (Lipinski definition) is 0. The minimum atomic E-state index is -0.0939. The van der Waals surface area contributed by atoms with E-state index >= 15 is 0 Å². The van der Waals surface area contributed by atoms with Crippen molar-refractivity contribution in [1.29, 1.82) is 0 Å². The Hall–Kier alpha value is -3.26. The van der Waals surface area contributed by atoms with Crippen molar-refractivity contribution >= 4 is 16.9 Å². The second-order valence-electron chi connectivity index (χ2n) is 9.40. The van der Waals surface area contributed by atoms with Crippen LogP contribution in [0.15, 0.2) is 41.5 Å². The Morgan fingerprint density at radius 3 is 2.67 bits per heavy atom. The lowest BCUT2D eigenvalue weighted by Gasteiger charge is -2.41. The van der Waals surface area contributed by atoms with Gasteiger partial charge in [0, 0.05) is 44.0 Å². The Morgan fingerprint density at radius 1 is 1.06 bits per heavy atom. The Bertz CT molecular complexity index is 1420. The van der Waals surface area contributed by atoms with Crippen LogP contribution in [0, 0.1) is 6.92 Å². The van der Waals surface area contributed by atoms with Crippen LogP contribution in [0.4, 0.5) is 5.69 Å². The van der Waals surface area contributed by atoms with E-state index in [9.17, 15) is 4.79 Å². The van der Waals surface area contributed by atoms with Crippen LogP contribution in [-0.4, -0.2) is 60.6 Å². The second kappa shape index (κ2) is 7.66. The van der Waals surface area contributed by atoms with Gasteiger partial charge in [-0.25, -0.2) is 9.50 Å². The highest BCUT2D eigenvalue weighted by atomic mass is 16.1. The van der Waals surface area contributed by atoms with Gasteiger partial charge in [-0.1, -0.05) is 6.92 Å². The summed E-state index contributed by atoms with van der Waals surface area (Å²) >= 11 is 0. The number of aryl methyl sites for hydroxylation is 2. The van der Waals surface area contributed by atoms with Crippen LogP contribution >= 0.6 is 0 Å². The van der Waals surface area contributed by atoms with Crippen molar-refractivity contribution in [2.24, 2.45) is 0 Å². The van der Waals surface area contributed by atoms with E-state index in [4.69, 9.17) is 4.98 Å². The standard InChI is InChI=1S/C25H29N7O/c1-4-20-23-11-22(28-32(23)13-16(2)26-20)21-12-25(33)31-15-19(7-8-24(31)27-21)29-9-10-30(17(3)14-29)18-5-6-18/h7-8,11-13,15,17-18H,4-6,9-10,14H2,1-3H3/t17-/m1/s1. The number of piperazine rings is 1. The molecule has 6 rings (SSSR count). The van der Waals surface area contributed by atoms with E-state index in [0.29, 0.717) is 23.1 Å². The first kappa shape index (κ1) is 20.4. The van der Waals surface area contributed by atoms with Crippen molar-refractivity contribution < 1.29 is 0 Å². The van der Waals surface area contributed by atoms with E-state index in [-0.39, 0.29) is 5.56 Å². The van der Waals surface area contributed by atoms with Crippen molar-refractivity contribution in [3.63, 3.8) is 0 Å². The smallest absolute Gasteiger partial charge is 0.258 e. The zero-order chi connectivity index (χ0) is 22.7. The quantitative estimate of drug-likeness (QED) is 0.483. The number of hydrogen-bond acceptors (Lipinski definition) is 6. The highest BCUT2D eigenvalue weighted by Crippen LogP contribution is 2.31. The predicted molar refractivity (Wildman–Crippen MR) is 129 cm³/mol. The third-order valence-electron chi connectivity index (χ3n) is 6.95. The minimum absolute atomic E-state index is 0.0939. The van der Waals surface area contributed by atoms with Crippen LogP contribution in [0.1, 0.15) is 38.1 Å². The van der Waals surface area contributed by atoms with Crippen molar-refractivity contribution in [3.8, 4) is 11.4 Å². The second-order valence-corrected chi connectivity index (χ2v) is 9.40. The molecule has 170 valence electrons. The first-order chi connectivity index (χ1) is 16.0. The molecule has 8 heteroatoms. The summed E-state index contributed by atoms with van der Waals surface area (Å²) in [5.74, 6) is 0. The Labute approximate surface area is 192 Å². The molecule has 1 saturated heterocycles. The average molecular weight is 444 g/mol. The molecule has 1 atom stereocenters. The lowest BCUT2D eigenvalue weighted by atomic mass is 10.1. The van der Waals surface area contributed by atoms with E-state index < -0.39 is 0 Å². The van der Waals surface area contributed by atoms with Crippen LogP contribution in [0.25, 0.3) is 22.6 Å². The van der Waals surface area contributed by atoms with E-state index in [1.165, 1.54) is 12.8 Å². The molecule has 0 amide bonds. The van der Waals surface area contributed by atoms with Crippen molar-refractivity contribution in [1.82, 2.24) is 28.9 Å². The molecule has 0 aromatic carbocycles. The molecule has 4 aromatic heterocycles. The molecule has 4 aromatic rings. The van der Waals surface area contributed by atoms with Gasteiger partial charge in [0.25, 0.3) is 5.56 Å².